The van der Waals surface area contributed by atoms with Gasteiger partial charge in [0.15, 0.2) is 5.82 Å². The van der Waals surface area contributed by atoms with Crippen LogP contribution in [0.25, 0.3) is 0 Å². The molecule has 1 fully saturated rings. The Morgan fingerprint density at radius 3 is 2.87 bits per heavy atom. The van der Waals surface area contributed by atoms with Gasteiger partial charge >= 0.3 is 0 Å². The largest absolute Gasteiger partial charge is 0.341 e. The molecule has 0 unspecified atom stereocenters. The summed E-state index contributed by atoms with van der Waals surface area (Å²) in [6.45, 7) is 1.95. The van der Waals surface area contributed by atoms with E-state index in [4.69, 9.17) is 16.1 Å². The fraction of sp³-hybridized carbons (Fsp3) is 0.667. The maximum Gasteiger partial charge on any atom is 0.252 e. The van der Waals surface area contributed by atoms with Crippen LogP contribution in [0.2, 0.25) is 0 Å². The lowest BCUT2D eigenvalue weighted by Crippen LogP contribution is -2.35. The SMILES string of the molecule is CCc1noc(C2(NC(=O)CCl)CC2)n1. The molecule has 0 saturated heterocycles. The molecule has 15 heavy (non-hydrogen) atoms. The van der Waals surface area contributed by atoms with Crippen molar-refractivity contribution in [3.05, 3.63) is 11.7 Å². The van der Waals surface area contributed by atoms with Crippen LogP contribution < -0.4 is 5.32 Å². The predicted molar refractivity (Wildman–Crippen MR) is 53.5 cm³/mol. The number of rotatable bonds is 4. The molecule has 82 valence electrons. The number of alkyl halides is 1. The maximum absolute atomic E-state index is 11.2. The van der Waals surface area contributed by atoms with Crippen LogP contribution in [0.1, 0.15) is 31.5 Å². The van der Waals surface area contributed by atoms with Gasteiger partial charge in [-0.05, 0) is 12.8 Å². The molecular formula is C9H12ClN3O2. The zero-order valence-electron chi connectivity index (χ0n) is 8.42. The average Bonchev–Trinajstić information content (AvgIpc) is 2.86. The summed E-state index contributed by atoms with van der Waals surface area (Å²) in [5.74, 6) is 0.913. The molecule has 1 aromatic rings. The monoisotopic (exact) mass is 229 g/mol. The molecule has 1 heterocycles. The van der Waals surface area contributed by atoms with Crippen molar-refractivity contribution in [3.8, 4) is 0 Å². The quantitative estimate of drug-likeness (QED) is 0.782. The van der Waals surface area contributed by atoms with Crippen molar-refractivity contribution in [2.75, 3.05) is 5.88 Å². The molecule has 0 spiro atoms. The van der Waals surface area contributed by atoms with Gasteiger partial charge < -0.3 is 9.84 Å². The van der Waals surface area contributed by atoms with E-state index >= 15 is 0 Å². The molecule has 0 radical (unpaired) electrons. The van der Waals surface area contributed by atoms with Gasteiger partial charge in [0.05, 0.1) is 0 Å². The van der Waals surface area contributed by atoms with Crippen molar-refractivity contribution in [3.63, 3.8) is 0 Å². The molecule has 1 N–H and O–H groups in total. The highest BCUT2D eigenvalue weighted by molar-refractivity contribution is 6.27. The molecule has 1 aromatic heterocycles. The number of carbonyl (C=O) groups is 1. The highest BCUT2D eigenvalue weighted by atomic mass is 35.5. The molecular weight excluding hydrogens is 218 g/mol. The maximum atomic E-state index is 11.2. The van der Waals surface area contributed by atoms with Crippen LogP contribution in [0.15, 0.2) is 4.52 Å². The van der Waals surface area contributed by atoms with Crippen LogP contribution in [0.3, 0.4) is 0 Å². The highest BCUT2D eigenvalue weighted by Gasteiger charge is 2.50. The third kappa shape index (κ3) is 1.97. The predicted octanol–water partition coefficient (Wildman–Crippen LogP) is 0.976. The van der Waals surface area contributed by atoms with Gasteiger partial charge in [-0.25, -0.2) is 0 Å². The van der Waals surface area contributed by atoms with E-state index in [9.17, 15) is 4.79 Å². The van der Waals surface area contributed by atoms with Crippen LogP contribution >= 0.6 is 11.6 Å². The average molecular weight is 230 g/mol. The number of halogens is 1. The van der Waals surface area contributed by atoms with Crippen molar-refractivity contribution in [2.24, 2.45) is 0 Å². The van der Waals surface area contributed by atoms with E-state index in [1.807, 2.05) is 6.92 Å². The summed E-state index contributed by atoms with van der Waals surface area (Å²) in [5.41, 5.74) is -0.438. The van der Waals surface area contributed by atoms with Crippen LogP contribution in [-0.2, 0) is 16.8 Å². The normalized spacial score (nSPS) is 17.5. The Bertz CT molecular complexity index is 373. The molecule has 0 bridgehead atoms. The van der Waals surface area contributed by atoms with Gasteiger partial charge in [-0.2, -0.15) is 4.98 Å². The summed E-state index contributed by atoms with van der Waals surface area (Å²) in [6, 6.07) is 0. The van der Waals surface area contributed by atoms with E-state index in [0.29, 0.717) is 11.7 Å². The Kier molecular flexibility index (Phi) is 2.65. The summed E-state index contributed by atoms with van der Waals surface area (Å²) in [5, 5.41) is 6.61. The molecule has 0 atom stereocenters. The minimum absolute atomic E-state index is 0.0451. The Morgan fingerprint density at radius 1 is 1.67 bits per heavy atom. The molecule has 2 rings (SSSR count). The number of amides is 1. The highest BCUT2D eigenvalue weighted by Crippen LogP contribution is 2.44. The second kappa shape index (κ2) is 3.81. The van der Waals surface area contributed by atoms with E-state index in [0.717, 1.165) is 19.3 Å². The number of hydrogen-bond donors (Lipinski definition) is 1. The van der Waals surface area contributed by atoms with Gasteiger partial charge in [0, 0.05) is 6.42 Å². The van der Waals surface area contributed by atoms with Crippen molar-refractivity contribution < 1.29 is 9.32 Å². The molecule has 1 aliphatic carbocycles. The summed E-state index contributed by atoms with van der Waals surface area (Å²) in [7, 11) is 0. The van der Waals surface area contributed by atoms with E-state index in [1.54, 1.807) is 0 Å². The number of aryl methyl sites for hydroxylation is 1. The first-order valence-corrected chi connectivity index (χ1v) is 5.43. The molecule has 0 aliphatic heterocycles. The Balaban J connectivity index is 2.12. The Morgan fingerprint density at radius 2 is 2.40 bits per heavy atom. The van der Waals surface area contributed by atoms with E-state index in [1.165, 1.54) is 0 Å². The number of nitrogens with one attached hydrogen (secondary N) is 1. The Labute approximate surface area is 92.2 Å². The first-order chi connectivity index (χ1) is 7.20. The summed E-state index contributed by atoms with van der Waals surface area (Å²) in [4.78, 5) is 15.4. The van der Waals surface area contributed by atoms with E-state index in [-0.39, 0.29) is 11.8 Å². The molecule has 5 nitrogen and oxygen atoms in total. The van der Waals surface area contributed by atoms with Crippen molar-refractivity contribution in [1.82, 2.24) is 15.5 Å². The molecule has 6 heteroatoms. The fourth-order valence-corrected chi connectivity index (χ4v) is 1.48. The van der Waals surface area contributed by atoms with Crippen LogP contribution in [0.4, 0.5) is 0 Å². The molecule has 1 saturated carbocycles. The van der Waals surface area contributed by atoms with Gasteiger partial charge in [0.2, 0.25) is 5.91 Å². The first-order valence-electron chi connectivity index (χ1n) is 4.90. The lowest BCUT2D eigenvalue weighted by molar-refractivity contribution is -0.119. The third-order valence-corrected chi connectivity index (χ3v) is 2.69. The second-order valence-electron chi connectivity index (χ2n) is 3.63. The lowest BCUT2D eigenvalue weighted by atomic mass is 10.2. The number of hydrogen-bond acceptors (Lipinski definition) is 4. The first kappa shape index (κ1) is 10.4. The van der Waals surface area contributed by atoms with E-state index < -0.39 is 5.54 Å². The standard InChI is InChI=1S/C9H12ClN3O2/c1-2-6-11-8(15-13-6)9(3-4-9)12-7(14)5-10/h2-5H2,1H3,(H,12,14). The third-order valence-electron chi connectivity index (χ3n) is 2.44. The number of carbonyl (C=O) groups excluding carboxylic acids is 1. The minimum Gasteiger partial charge on any atom is -0.341 e. The zero-order valence-corrected chi connectivity index (χ0v) is 9.17. The van der Waals surface area contributed by atoms with Gasteiger partial charge in [-0.15, -0.1) is 11.6 Å². The van der Waals surface area contributed by atoms with Crippen LogP contribution in [0.5, 0.6) is 0 Å². The summed E-state index contributed by atoms with van der Waals surface area (Å²) in [6.07, 6.45) is 2.39. The van der Waals surface area contributed by atoms with Crippen molar-refractivity contribution in [1.29, 1.82) is 0 Å². The van der Waals surface area contributed by atoms with Gasteiger partial charge in [-0.1, -0.05) is 12.1 Å². The lowest BCUT2D eigenvalue weighted by Gasteiger charge is -2.10. The number of nitrogens with zero attached hydrogens (tertiary/aromatic N) is 2. The van der Waals surface area contributed by atoms with Crippen LogP contribution in [0, 0.1) is 0 Å². The smallest absolute Gasteiger partial charge is 0.252 e. The van der Waals surface area contributed by atoms with E-state index in [2.05, 4.69) is 15.5 Å². The van der Waals surface area contributed by atoms with Crippen LogP contribution in [-0.4, -0.2) is 21.9 Å². The summed E-state index contributed by atoms with van der Waals surface area (Å²) >= 11 is 5.43. The minimum atomic E-state index is -0.438. The topological polar surface area (TPSA) is 68.0 Å². The summed E-state index contributed by atoms with van der Waals surface area (Å²) < 4.78 is 5.11. The fourth-order valence-electron chi connectivity index (χ4n) is 1.41. The van der Waals surface area contributed by atoms with Gasteiger partial charge in [0.25, 0.3) is 5.89 Å². The van der Waals surface area contributed by atoms with Crippen molar-refractivity contribution in [2.45, 2.75) is 31.7 Å². The Hall–Kier alpha value is -1.10. The molecule has 1 amide bonds. The molecule has 1 aliphatic rings. The molecule has 0 aromatic carbocycles. The van der Waals surface area contributed by atoms with Gasteiger partial charge in [0.1, 0.15) is 11.4 Å². The van der Waals surface area contributed by atoms with Gasteiger partial charge in [-0.3, -0.25) is 4.79 Å². The second-order valence-corrected chi connectivity index (χ2v) is 3.90. The number of aromatic nitrogens is 2. The van der Waals surface area contributed by atoms with Crippen molar-refractivity contribution >= 4 is 17.5 Å². The zero-order chi connectivity index (χ0) is 10.9.